The van der Waals surface area contributed by atoms with Crippen LogP contribution in [0, 0.1) is 25.5 Å². The Hall–Kier alpha value is -2.61. The number of aromatic nitrogens is 2. The van der Waals surface area contributed by atoms with Gasteiger partial charge in [-0.15, -0.1) is 11.3 Å². The molecule has 0 aliphatic carbocycles. The van der Waals surface area contributed by atoms with Gasteiger partial charge in [-0.2, -0.15) is 4.98 Å². The summed E-state index contributed by atoms with van der Waals surface area (Å²) in [5.41, 5.74) is 0.591. The molecule has 0 bridgehead atoms. The first kappa shape index (κ1) is 15.3. The highest BCUT2D eigenvalue weighted by Gasteiger charge is 2.15. The van der Waals surface area contributed by atoms with E-state index in [-0.39, 0.29) is 5.56 Å². The van der Waals surface area contributed by atoms with Crippen LogP contribution in [-0.2, 0) is 0 Å². The van der Waals surface area contributed by atoms with Gasteiger partial charge < -0.3 is 9.84 Å². The molecule has 2 aromatic heterocycles. The lowest BCUT2D eigenvalue weighted by Gasteiger charge is -2.04. The number of benzene rings is 1. The maximum absolute atomic E-state index is 13.2. The van der Waals surface area contributed by atoms with Crippen molar-refractivity contribution >= 4 is 22.9 Å². The number of rotatable bonds is 3. The van der Waals surface area contributed by atoms with Crippen LogP contribution in [0.2, 0.25) is 0 Å². The average Bonchev–Trinajstić information content (AvgIpc) is 3.08. The average molecular weight is 335 g/mol. The number of carbonyl (C=O) groups is 1. The van der Waals surface area contributed by atoms with E-state index in [1.54, 1.807) is 13.0 Å². The highest BCUT2D eigenvalue weighted by atomic mass is 32.1. The molecule has 5 nitrogen and oxygen atoms in total. The van der Waals surface area contributed by atoms with Crippen molar-refractivity contribution in [3.05, 3.63) is 52.2 Å². The Morgan fingerprint density at radius 1 is 1.22 bits per heavy atom. The number of thiophene rings is 1. The molecule has 118 valence electrons. The summed E-state index contributed by atoms with van der Waals surface area (Å²) in [5.74, 6) is -1.71. The summed E-state index contributed by atoms with van der Waals surface area (Å²) in [4.78, 5) is 17.8. The Morgan fingerprint density at radius 2 is 2.00 bits per heavy atom. The minimum atomic E-state index is -1.07. The zero-order valence-electron chi connectivity index (χ0n) is 12.2. The molecule has 0 fully saturated rings. The van der Waals surface area contributed by atoms with Crippen molar-refractivity contribution in [1.82, 2.24) is 10.1 Å². The van der Waals surface area contributed by atoms with Gasteiger partial charge >= 0.3 is 0 Å². The summed E-state index contributed by atoms with van der Waals surface area (Å²) in [5, 5.41) is 6.49. The lowest BCUT2D eigenvalue weighted by atomic mass is 10.2. The van der Waals surface area contributed by atoms with Gasteiger partial charge in [0.05, 0.1) is 10.6 Å². The first-order chi connectivity index (χ1) is 10.9. The molecule has 3 rings (SSSR count). The number of aryl methyl sites for hydroxylation is 2. The van der Waals surface area contributed by atoms with E-state index in [0.717, 1.165) is 21.9 Å². The van der Waals surface area contributed by atoms with Gasteiger partial charge in [0.2, 0.25) is 11.7 Å². The normalized spacial score (nSPS) is 10.8. The maximum atomic E-state index is 13.2. The molecule has 0 atom stereocenters. The number of halogens is 2. The van der Waals surface area contributed by atoms with Crippen LogP contribution in [0.5, 0.6) is 0 Å². The number of carbonyl (C=O) groups excluding carboxylic acids is 1. The fraction of sp³-hybridized carbons (Fsp3) is 0.133. The highest BCUT2D eigenvalue weighted by Crippen LogP contribution is 2.33. The second kappa shape index (κ2) is 5.88. The Bertz CT molecular complexity index is 889. The Balaban J connectivity index is 1.83. The monoisotopic (exact) mass is 335 g/mol. The second-order valence-electron chi connectivity index (χ2n) is 4.80. The van der Waals surface area contributed by atoms with E-state index in [1.165, 1.54) is 17.4 Å². The Kier molecular flexibility index (Phi) is 3.91. The van der Waals surface area contributed by atoms with Gasteiger partial charge in [0, 0.05) is 17.4 Å². The van der Waals surface area contributed by atoms with Crippen molar-refractivity contribution in [2.75, 3.05) is 5.32 Å². The lowest BCUT2D eigenvalue weighted by molar-refractivity contribution is 0.102. The van der Waals surface area contributed by atoms with Gasteiger partial charge in [-0.25, -0.2) is 8.78 Å². The minimum absolute atomic E-state index is 0.0338. The van der Waals surface area contributed by atoms with E-state index >= 15 is 0 Å². The molecule has 0 saturated carbocycles. The SMILES string of the molecule is Cc1nc(-c2cc(NC(=O)c3ccc(F)c(F)c3)c(C)s2)no1. The van der Waals surface area contributed by atoms with Crippen LogP contribution in [0.4, 0.5) is 14.5 Å². The fourth-order valence-electron chi connectivity index (χ4n) is 1.95. The van der Waals surface area contributed by atoms with Crippen LogP contribution in [0.25, 0.3) is 10.7 Å². The van der Waals surface area contributed by atoms with E-state index in [9.17, 15) is 13.6 Å². The largest absolute Gasteiger partial charge is 0.339 e. The zero-order valence-corrected chi connectivity index (χ0v) is 13.0. The molecule has 1 amide bonds. The number of amides is 1. The first-order valence-electron chi connectivity index (χ1n) is 6.61. The van der Waals surface area contributed by atoms with Crippen molar-refractivity contribution < 1.29 is 18.1 Å². The van der Waals surface area contributed by atoms with Crippen LogP contribution in [0.3, 0.4) is 0 Å². The van der Waals surface area contributed by atoms with Crippen molar-refractivity contribution in [3.8, 4) is 10.7 Å². The molecule has 0 unspecified atom stereocenters. The number of hydrogen-bond acceptors (Lipinski definition) is 5. The van der Waals surface area contributed by atoms with E-state index in [2.05, 4.69) is 15.5 Å². The van der Waals surface area contributed by atoms with Crippen molar-refractivity contribution in [2.24, 2.45) is 0 Å². The van der Waals surface area contributed by atoms with Gasteiger partial charge in [-0.3, -0.25) is 4.79 Å². The molecular formula is C15H11F2N3O2S. The van der Waals surface area contributed by atoms with E-state index in [4.69, 9.17) is 4.52 Å². The van der Waals surface area contributed by atoms with Crippen LogP contribution < -0.4 is 5.32 Å². The van der Waals surface area contributed by atoms with Gasteiger partial charge in [0.1, 0.15) is 0 Å². The third-order valence-corrected chi connectivity index (χ3v) is 4.14. The molecule has 1 N–H and O–H groups in total. The predicted octanol–water partition coefficient (Wildman–Crippen LogP) is 3.95. The quantitative estimate of drug-likeness (QED) is 0.787. The molecule has 0 radical (unpaired) electrons. The number of anilines is 1. The predicted molar refractivity (Wildman–Crippen MR) is 81.4 cm³/mol. The van der Waals surface area contributed by atoms with E-state index < -0.39 is 17.5 Å². The molecule has 3 aromatic rings. The second-order valence-corrected chi connectivity index (χ2v) is 6.06. The molecule has 0 aliphatic rings. The standard InChI is InChI=1S/C15H11F2N3O2S/c1-7-12(6-13(23-7)14-18-8(2)22-20-14)19-15(21)9-3-4-10(16)11(17)5-9/h3-6H,1-2H3,(H,19,21). The fourth-order valence-corrected chi connectivity index (χ4v) is 2.85. The number of nitrogens with one attached hydrogen (secondary N) is 1. The molecule has 23 heavy (non-hydrogen) atoms. The third kappa shape index (κ3) is 3.11. The summed E-state index contributed by atoms with van der Waals surface area (Å²) in [6, 6.07) is 4.70. The molecule has 0 aliphatic heterocycles. The first-order valence-corrected chi connectivity index (χ1v) is 7.43. The van der Waals surface area contributed by atoms with Gasteiger partial charge in [-0.05, 0) is 31.2 Å². The van der Waals surface area contributed by atoms with Crippen LogP contribution in [-0.4, -0.2) is 16.0 Å². The summed E-state index contributed by atoms with van der Waals surface area (Å²) in [6.07, 6.45) is 0. The van der Waals surface area contributed by atoms with Gasteiger partial charge in [0.25, 0.3) is 5.91 Å². The third-order valence-electron chi connectivity index (χ3n) is 3.10. The Labute approximate surface area is 134 Å². The van der Waals surface area contributed by atoms with Gasteiger partial charge in [-0.1, -0.05) is 5.16 Å². The summed E-state index contributed by atoms with van der Waals surface area (Å²) < 4.78 is 31.0. The molecule has 8 heteroatoms. The maximum Gasteiger partial charge on any atom is 0.255 e. The zero-order chi connectivity index (χ0) is 16.6. The summed E-state index contributed by atoms with van der Waals surface area (Å²) in [6.45, 7) is 3.50. The summed E-state index contributed by atoms with van der Waals surface area (Å²) >= 11 is 1.39. The molecular weight excluding hydrogens is 324 g/mol. The number of nitrogens with zero attached hydrogens (tertiary/aromatic N) is 2. The van der Waals surface area contributed by atoms with Crippen LogP contribution in [0.1, 0.15) is 21.1 Å². The van der Waals surface area contributed by atoms with E-state index in [1.807, 2.05) is 6.92 Å². The van der Waals surface area contributed by atoms with Crippen LogP contribution in [0.15, 0.2) is 28.8 Å². The highest BCUT2D eigenvalue weighted by molar-refractivity contribution is 7.16. The lowest BCUT2D eigenvalue weighted by Crippen LogP contribution is -2.12. The molecule has 1 aromatic carbocycles. The van der Waals surface area contributed by atoms with Crippen LogP contribution >= 0.6 is 11.3 Å². The topological polar surface area (TPSA) is 68.0 Å². The van der Waals surface area contributed by atoms with Crippen molar-refractivity contribution in [2.45, 2.75) is 13.8 Å². The molecule has 2 heterocycles. The molecule has 0 saturated heterocycles. The summed E-state index contributed by atoms with van der Waals surface area (Å²) in [7, 11) is 0. The molecule has 0 spiro atoms. The van der Waals surface area contributed by atoms with E-state index in [0.29, 0.717) is 17.4 Å². The Morgan fingerprint density at radius 3 is 2.65 bits per heavy atom. The smallest absolute Gasteiger partial charge is 0.255 e. The van der Waals surface area contributed by atoms with Gasteiger partial charge in [0.15, 0.2) is 11.6 Å². The number of hydrogen-bond donors (Lipinski definition) is 1. The van der Waals surface area contributed by atoms with Crippen molar-refractivity contribution in [3.63, 3.8) is 0 Å². The minimum Gasteiger partial charge on any atom is -0.339 e. The van der Waals surface area contributed by atoms with Crippen molar-refractivity contribution in [1.29, 1.82) is 0 Å².